The highest BCUT2D eigenvalue weighted by atomic mass is 35.5. The number of hydrogen-bond donors (Lipinski definition) is 1. The number of aryl methyl sites for hydroxylation is 2. The van der Waals surface area contributed by atoms with Crippen LogP contribution in [0.3, 0.4) is 0 Å². The predicted molar refractivity (Wildman–Crippen MR) is 152 cm³/mol. The number of hydrogen-bond acceptors (Lipinski definition) is 7. The fourth-order valence-electron chi connectivity index (χ4n) is 4.51. The molecule has 0 radical (unpaired) electrons. The number of nitrogens with one attached hydrogen (secondary N) is 1. The molecule has 1 saturated heterocycles. The molecule has 2 fully saturated rings. The molecule has 1 aromatic carbocycles. The van der Waals surface area contributed by atoms with Crippen LogP contribution in [-0.2, 0) is 13.0 Å². The van der Waals surface area contributed by atoms with Crippen LogP contribution in [0, 0.1) is 30.1 Å². The van der Waals surface area contributed by atoms with Gasteiger partial charge in [0.05, 0.1) is 17.9 Å². The minimum atomic E-state index is 0. The van der Waals surface area contributed by atoms with Gasteiger partial charge in [0.25, 0.3) is 0 Å². The highest BCUT2D eigenvalue weighted by molar-refractivity contribution is 7.10. The van der Waals surface area contributed by atoms with E-state index < -0.39 is 0 Å². The van der Waals surface area contributed by atoms with Crippen LogP contribution in [0.5, 0.6) is 5.75 Å². The molecule has 36 heavy (non-hydrogen) atoms. The summed E-state index contributed by atoms with van der Waals surface area (Å²) in [6.45, 7) is 6.12. The van der Waals surface area contributed by atoms with Crippen molar-refractivity contribution in [3.63, 3.8) is 0 Å². The van der Waals surface area contributed by atoms with E-state index in [1.165, 1.54) is 30.6 Å². The average molecular weight is 554 g/mol. The van der Waals surface area contributed by atoms with Crippen molar-refractivity contribution in [1.29, 1.82) is 5.26 Å². The molecular formula is C27H38Cl2N4O2S. The van der Waals surface area contributed by atoms with Crippen LogP contribution in [0.2, 0.25) is 0 Å². The number of rotatable bonds is 8. The summed E-state index contributed by atoms with van der Waals surface area (Å²) in [6, 6.07) is 8.46. The van der Waals surface area contributed by atoms with Crippen molar-refractivity contribution in [1.82, 2.24) is 15.4 Å². The third-order valence-electron chi connectivity index (χ3n) is 6.74. The van der Waals surface area contributed by atoms with E-state index in [0.717, 1.165) is 84.5 Å². The van der Waals surface area contributed by atoms with Crippen LogP contribution in [0.15, 0.2) is 28.1 Å². The Morgan fingerprint density at radius 1 is 1.17 bits per heavy atom. The second-order valence-corrected chi connectivity index (χ2v) is 10.6. The maximum Gasteiger partial charge on any atom is 0.173 e. The van der Waals surface area contributed by atoms with Gasteiger partial charge in [-0.1, -0.05) is 5.16 Å². The van der Waals surface area contributed by atoms with E-state index in [9.17, 15) is 0 Å². The van der Waals surface area contributed by atoms with Crippen LogP contribution in [-0.4, -0.2) is 43.8 Å². The largest absolute Gasteiger partial charge is 0.493 e. The number of ether oxygens (including phenoxy) is 1. The molecule has 1 N–H and O–H groups in total. The Morgan fingerprint density at radius 3 is 2.53 bits per heavy atom. The van der Waals surface area contributed by atoms with E-state index in [4.69, 9.17) is 14.5 Å². The van der Waals surface area contributed by atoms with Gasteiger partial charge >= 0.3 is 0 Å². The van der Waals surface area contributed by atoms with Crippen molar-refractivity contribution in [2.75, 3.05) is 33.8 Å². The number of likely N-dealkylation sites (tertiary alicyclic amines) is 1. The Morgan fingerprint density at radius 2 is 1.89 bits per heavy atom. The van der Waals surface area contributed by atoms with Crippen molar-refractivity contribution in [3.8, 4) is 11.8 Å². The Kier molecular flexibility index (Phi) is 12.5. The van der Waals surface area contributed by atoms with E-state index in [1.807, 2.05) is 25.5 Å². The SMILES string of the molecule is CNC.Cc1c(OCC2CC2)ccc2c(CCC3CCN(Cc4cc(C#N)cs4)CC3)noc12.Cl.Cl. The summed E-state index contributed by atoms with van der Waals surface area (Å²) in [6.07, 6.45) is 7.17. The highest BCUT2D eigenvalue weighted by Gasteiger charge is 2.24. The zero-order chi connectivity index (χ0) is 23.9. The molecule has 0 bridgehead atoms. The minimum absolute atomic E-state index is 0. The Bertz CT molecular complexity index is 1110. The summed E-state index contributed by atoms with van der Waals surface area (Å²) in [5.74, 6) is 2.41. The minimum Gasteiger partial charge on any atom is -0.493 e. The van der Waals surface area contributed by atoms with Crippen molar-refractivity contribution >= 4 is 47.1 Å². The van der Waals surface area contributed by atoms with Crippen molar-refractivity contribution in [3.05, 3.63) is 45.3 Å². The zero-order valence-electron chi connectivity index (χ0n) is 21.4. The van der Waals surface area contributed by atoms with Crippen LogP contribution in [0.1, 0.15) is 53.8 Å². The molecule has 0 amide bonds. The Hall–Kier alpha value is -1.82. The fraction of sp³-hybridized carbons (Fsp3) is 0.556. The van der Waals surface area contributed by atoms with Crippen LogP contribution >= 0.6 is 36.2 Å². The summed E-state index contributed by atoms with van der Waals surface area (Å²) >= 11 is 1.70. The zero-order valence-corrected chi connectivity index (χ0v) is 23.9. The van der Waals surface area contributed by atoms with Gasteiger partial charge in [0.1, 0.15) is 11.8 Å². The monoisotopic (exact) mass is 552 g/mol. The first-order valence-corrected chi connectivity index (χ1v) is 13.3. The molecule has 9 heteroatoms. The molecule has 0 atom stereocenters. The summed E-state index contributed by atoms with van der Waals surface area (Å²) in [7, 11) is 3.75. The number of thiophene rings is 1. The normalized spacial score (nSPS) is 15.8. The number of aromatic nitrogens is 1. The molecule has 1 aliphatic carbocycles. The molecule has 0 spiro atoms. The van der Waals surface area contributed by atoms with Gasteiger partial charge in [-0.05, 0) is 103 Å². The van der Waals surface area contributed by atoms with Gasteiger partial charge in [0, 0.05) is 27.8 Å². The van der Waals surface area contributed by atoms with Crippen LogP contribution < -0.4 is 10.1 Å². The maximum atomic E-state index is 8.99. The number of nitriles is 1. The number of nitrogens with zero attached hydrogens (tertiary/aromatic N) is 3. The summed E-state index contributed by atoms with van der Waals surface area (Å²) < 4.78 is 11.7. The van der Waals surface area contributed by atoms with E-state index in [0.29, 0.717) is 0 Å². The first-order valence-electron chi connectivity index (χ1n) is 12.4. The van der Waals surface area contributed by atoms with E-state index in [1.54, 1.807) is 11.3 Å². The van der Waals surface area contributed by atoms with Crippen LogP contribution in [0.25, 0.3) is 11.0 Å². The Balaban J connectivity index is 0.000000871. The van der Waals surface area contributed by atoms with Gasteiger partial charge in [-0.15, -0.1) is 36.2 Å². The van der Waals surface area contributed by atoms with Crippen molar-refractivity contribution < 1.29 is 9.26 Å². The lowest BCUT2D eigenvalue weighted by Crippen LogP contribution is -2.33. The second kappa shape index (κ2) is 14.8. The first-order chi connectivity index (χ1) is 16.6. The lowest BCUT2D eigenvalue weighted by atomic mass is 9.91. The summed E-state index contributed by atoms with van der Waals surface area (Å²) in [4.78, 5) is 3.81. The summed E-state index contributed by atoms with van der Waals surface area (Å²) in [5, 5.41) is 19.2. The maximum absolute atomic E-state index is 8.99. The quantitative estimate of drug-likeness (QED) is 0.349. The lowest BCUT2D eigenvalue weighted by molar-refractivity contribution is 0.173. The standard InChI is InChI=1S/C25H29N3O2S.C2H7N.2ClH/c1-17-24(29-15-19-2-3-19)7-5-22-23(27-30-25(17)22)6-4-18-8-10-28(11-9-18)14-21-12-20(13-26)16-31-21;1-3-2;;/h5,7,12,16,18-19H,2-4,6,8-11,14-15H2,1H3;3H,1-2H3;2*1H. The predicted octanol–water partition coefficient (Wildman–Crippen LogP) is 6.38. The number of piperidine rings is 1. The highest BCUT2D eigenvalue weighted by Crippen LogP contribution is 2.34. The van der Waals surface area contributed by atoms with Gasteiger partial charge in [0.15, 0.2) is 5.58 Å². The molecule has 6 nitrogen and oxygen atoms in total. The molecular weight excluding hydrogens is 515 g/mol. The topological polar surface area (TPSA) is 74.3 Å². The van der Waals surface area contributed by atoms with Crippen molar-refractivity contribution in [2.24, 2.45) is 11.8 Å². The molecule has 5 rings (SSSR count). The second-order valence-electron chi connectivity index (χ2n) is 9.62. The van der Waals surface area contributed by atoms with E-state index in [-0.39, 0.29) is 24.8 Å². The van der Waals surface area contributed by atoms with Gasteiger partial charge in [0.2, 0.25) is 0 Å². The van der Waals surface area contributed by atoms with Crippen molar-refractivity contribution in [2.45, 2.75) is 52.0 Å². The smallest absolute Gasteiger partial charge is 0.173 e. The molecule has 2 aliphatic rings. The first kappa shape index (κ1) is 30.4. The van der Waals surface area contributed by atoms with Gasteiger partial charge in [-0.3, -0.25) is 4.90 Å². The fourth-order valence-corrected chi connectivity index (χ4v) is 5.37. The molecule has 1 saturated carbocycles. The molecule has 2 aromatic heterocycles. The Labute approximate surface area is 231 Å². The number of halogens is 2. The number of benzene rings is 1. The van der Waals surface area contributed by atoms with Gasteiger partial charge in [-0.25, -0.2) is 0 Å². The number of fused-ring (bicyclic) bond motifs is 1. The van der Waals surface area contributed by atoms with E-state index in [2.05, 4.69) is 40.5 Å². The van der Waals surface area contributed by atoms with Gasteiger partial charge in [-0.2, -0.15) is 5.26 Å². The third-order valence-corrected chi connectivity index (χ3v) is 7.67. The van der Waals surface area contributed by atoms with Crippen LogP contribution in [0.4, 0.5) is 0 Å². The molecule has 198 valence electrons. The molecule has 3 heterocycles. The summed E-state index contributed by atoms with van der Waals surface area (Å²) in [5.41, 5.74) is 3.81. The molecule has 0 unspecified atom stereocenters. The molecule has 1 aliphatic heterocycles. The average Bonchev–Trinajstić information content (AvgIpc) is 3.41. The van der Waals surface area contributed by atoms with Gasteiger partial charge < -0.3 is 14.6 Å². The lowest BCUT2D eigenvalue weighted by Gasteiger charge is -2.31. The molecule has 3 aromatic rings. The third kappa shape index (κ3) is 8.09. The van der Waals surface area contributed by atoms with E-state index >= 15 is 0 Å².